The van der Waals surface area contributed by atoms with Crippen molar-refractivity contribution in [2.45, 2.75) is 19.3 Å². The van der Waals surface area contributed by atoms with Crippen molar-refractivity contribution >= 4 is 44.0 Å². The molecule has 0 fully saturated rings. The largest absolute Gasteiger partial charge is 0.436 e. The predicted octanol–water partition coefficient (Wildman–Crippen LogP) is 12.4. The van der Waals surface area contributed by atoms with Crippen molar-refractivity contribution in [2.24, 2.45) is 0 Å². The monoisotopic (exact) mass is 669 g/mol. The number of benzene rings is 7. The van der Waals surface area contributed by atoms with Crippen molar-refractivity contribution < 1.29 is 8.83 Å². The maximum atomic E-state index is 6.28. The Bertz CT molecular complexity index is 2890. The van der Waals surface area contributed by atoms with Crippen LogP contribution in [0, 0.1) is 0 Å². The highest BCUT2D eigenvalue weighted by Gasteiger charge is 2.37. The van der Waals surface area contributed by atoms with Gasteiger partial charge in [-0.05, 0) is 112 Å². The van der Waals surface area contributed by atoms with E-state index in [4.69, 9.17) is 18.8 Å². The lowest BCUT2D eigenvalue weighted by atomic mass is 9.81. The molecule has 0 spiro atoms. The molecule has 0 saturated carbocycles. The summed E-state index contributed by atoms with van der Waals surface area (Å²) < 4.78 is 15.0. The third-order valence-corrected chi connectivity index (χ3v) is 10.8. The van der Waals surface area contributed by atoms with Crippen molar-refractivity contribution in [1.82, 2.24) is 14.5 Å². The highest BCUT2D eigenvalue weighted by atomic mass is 16.4. The Hall–Kier alpha value is -6.72. The van der Waals surface area contributed by atoms with E-state index < -0.39 is 0 Å². The van der Waals surface area contributed by atoms with E-state index in [-0.39, 0.29) is 5.41 Å². The minimum Gasteiger partial charge on any atom is -0.436 e. The Morgan fingerprint density at radius 1 is 0.462 bits per heavy atom. The molecular weight excluding hydrogens is 639 g/mol. The molecule has 0 bridgehead atoms. The Kier molecular flexibility index (Phi) is 5.95. The van der Waals surface area contributed by atoms with E-state index in [1.807, 2.05) is 48.5 Å². The summed E-state index contributed by atoms with van der Waals surface area (Å²) in [4.78, 5) is 9.71. The van der Waals surface area contributed by atoms with Gasteiger partial charge >= 0.3 is 0 Å². The van der Waals surface area contributed by atoms with Crippen LogP contribution in [-0.2, 0) is 5.41 Å². The van der Waals surface area contributed by atoms with E-state index >= 15 is 0 Å². The van der Waals surface area contributed by atoms with Gasteiger partial charge in [-0.15, -0.1) is 0 Å². The summed E-state index contributed by atoms with van der Waals surface area (Å²) in [5, 5.41) is 2.53. The van der Waals surface area contributed by atoms with Gasteiger partial charge in [-0.3, -0.25) is 0 Å². The van der Waals surface area contributed by atoms with E-state index in [9.17, 15) is 0 Å². The highest BCUT2D eigenvalue weighted by Crippen LogP contribution is 2.52. The molecular formula is C47H31N3O2. The van der Waals surface area contributed by atoms with E-state index in [2.05, 4.69) is 122 Å². The van der Waals surface area contributed by atoms with E-state index in [0.29, 0.717) is 11.8 Å². The molecule has 5 nitrogen and oxygen atoms in total. The molecule has 0 saturated heterocycles. The number of rotatable bonds is 4. The molecule has 5 heteroatoms. The Morgan fingerprint density at radius 2 is 1.06 bits per heavy atom. The Morgan fingerprint density at radius 3 is 1.75 bits per heavy atom. The van der Waals surface area contributed by atoms with Crippen LogP contribution in [0.1, 0.15) is 25.0 Å². The molecule has 7 aromatic carbocycles. The normalized spacial score (nSPS) is 13.3. The van der Waals surface area contributed by atoms with E-state index in [1.54, 1.807) is 0 Å². The van der Waals surface area contributed by atoms with Crippen LogP contribution in [0.15, 0.2) is 160 Å². The molecule has 3 aromatic heterocycles. The summed E-state index contributed by atoms with van der Waals surface area (Å²) in [6.07, 6.45) is 0. The molecule has 0 N–H and O–H groups in total. The Labute approximate surface area is 299 Å². The molecule has 3 heterocycles. The predicted molar refractivity (Wildman–Crippen MR) is 210 cm³/mol. The zero-order chi connectivity index (χ0) is 34.6. The summed E-state index contributed by atoms with van der Waals surface area (Å²) >= 11 is 0. The second-order valence-electron chi connectivity index (χ2n) is 14.3. The lowest BCUT2D eigenvalue weighted by molar-refractivity contribution is 0.617. The number of aromatic nitrogens is 3. The molecule has 52 heavy (non-hydrogen) atoms. The van der Waals surface area contributed by atoms with Crippen LogP contribution in [0.5, 0.6) is 0 Å². The van der Waals surface area contributed by atoms with Gasteiger partial charge in [-0.1, -0.05) is 86.6 Å². The molecule has 0 radical (unpaired) electrons. The lowest BCUT2D eigenvalue weighted by Crippen LogP contribution is -2.15. The number of hydrogen-bond donors (Lipinski definition) is 0. The van der Waals surface area contributed by atoms with Crippen LogP contribution in [-0.4, -0.2) is 14.5 Å². The zero-order valence-corrected chi connectivity index (χ0v) is 28.6. The first-order valence-corrected chi connectivity index (χ1v) is 17.6. The maximum Gasteiger partial charge on any atom is 0.227 e. The standard InChI is InChI=1S/C47H31N3O2/c1-47(2)37-25-28(20-21-33(37)35-27-42-36(26-38(35)47)34-14-6-9-17-41(34)50(42)32-12-4-3-5-13-32)29-22-30(45-48-39-15-7-10-18-43(39)51-45)24-31(23-29)46-49-40-16-8-11-19-44(40)52-46/h3-27H,1-2H3. The first kappa shape index (κ1) is 29.1. The van der Waals surface area contributed by atoms with Gasteiger partial charge in [-0.25, -0.2) is 9.97 Å². The highest BCUT2D eigenvalue weighted by molar-refractivity contribution is 6.11. The fourth-order valence-corrected chi connectivity index (χ4v) is 8.26. The minimum absolute atomic E-state index is 0.216. The average molecular weight is 670 g/mol. The fourth-order valence-electron chi connectivity index (χ4n) is 8.26. The summed E-state index contributed by atoms with van der Waals surface area (Å²) in [7, 11) is 0. The van der Waals surface area contributed by atoms with Gasteiger partial charge in [-0.2, -0.15) is 0 Å². The molecule has 0 atom stereocenters. The van der Waals surface area contributed by atoms with Gasteiger partial charge in [0.05, 0.1) is 11.0 Å². The fraction of sp³-hybridized carbons (Fsp3) is 0.0638. The van der Waals surface area contributed by atoms with Gasteiger partial charge in [0.15, 0.2) is 11.2 Å². The molecule has 246 valence electrons. The van der Waals surface area contributed by atoms with E-state index in [1.165, 1.54) is 44.1 Å². The SMILES string of the molecule is CC1(C)c2cc(-c3cc(-c4nc5ccccc5o4)cc(-c4nc5ccccc5o4)c3)ccc2-c2cc3c(cc21)c1ccccc1n3-c1ccccc1. The van der Waals surface area contributed by atoms with Crippen LogP contribution in [0.3, 0.4) is 0 Å². The second kappa shape index (κ2) is 10.6. The maximum absolute atomic E-state index is 6.28. The first-order valence-electron chi connectivity index (χ1n) is 17.6. The molecule has 1 aliphatic carbocycles. The molecule has 1 aliphatic rings. The van der Waals surface area contributed by atoms with Crippen molar-refractivity contribution in [3.05, 3.63) is 163 Å². The minimum atomic E-state index is -0.216. The number of hydrogen-bond acceptors (Lipinski definition) is 4. The molecule has 0 aliphatic heterocycles. The molecule has 0 unspecified atom stereocenters. The summed E-state index contributed by atoms with van der Waals surface area (Å²) in [6, 6.07) is 53.3. The smallest absolute Gasteiger partial charge is 0.227 e. The number of oxazole rings is 2. The van der Waals surface area contributed by atoms with E-state index in [0.717, 1.165) is 50.1 Å². The first-order chi connectivity index (χ1) is 25.5. The topological polar surface area (TPSA) is 57.0 Å². The summed E-state index contributed by atoms with van der Waals surface area (Å²) in [5.74, 6) is 1.12. The van der Waals surface area contributed by atoms with Gasteiger partial charge in [0.25, 0.3) is 0 Å². The second-order valence-corrected chi connectivity index (χ2v) is 14.3. The number of nitrogens with zero attached hydrogens (tertiary/aromatic N) is 3. The average Bonchev–Trinajstić information content (AvgIpc) is 3.95. The van der Waals surface area contributed by atoms with Gasteiger partial charge in [0, 0.05) is 33.0 Å². The van der Waals surface area contributed by atoms with Gasteiger partial charge in [0.1, 0.15) is 11.0 Å². The van der Waals surface area contributed by atoms with Crippen molar-refractivity contribution in [2.75, 3.05) is 0 Å². The third-order valence-electron chi connectivity index (χ3n) is 10.8. The van der Waals surface area contributed by atoms with Crippen LogP contribution >= 0.6 is 0 Å². The molecule has 10 aromatic rings. The number of para-hydroxylation sites is 6. The van der Waals surface area contributed by atoms with Crippen molar-refractivity contribution in [3.8, 4) is 50.8 Å². The van der Waals surface area contributed by atoms with Crippen LogP contribution < -0.4 is 0 Å². The number of fused-ring (bicyclic) bond motifs is 8. The molecule has 11 rings (SSSR count). The molecule has 0 amide bonds. The van der Waals surface area contributed by atoms with Gasteiger partial charge in [0.2, 0.25) is 11.8 Å². The summed E-state index contributed by atoms with van der Waals surface area (Å²) in [6.45, 7) is 4.70. The zero-order valence-electron chi connectivity index (χ0n) is 28.6. The van der Waals surface area contributed by atoms with Crippen LogP contribution in [0.2, 0.25) is 0 Å². The van der Waals surface area contributed by atoms with Crippen molar-refractivity contribution in [3.63, 3.8) is 0 Å². The Balaban J connectivity index is 1.10. The quantitative estimate of drug-likeness (QED) is 0.187. The van der Waals surface area contributed by atoms with Crippen molar-refractivity contribution in [1.29, 1.82) is 0 Å². The summed E-state index contributed by atoms with van der Waals surface area (Å²) in [5.41, 5.74) is 15.6. The lowest BCUT2D eigenvalue weighted by Gasteiger charge is -2.22. The van der Waals surface area contributed by atoms with Gasteiger partial charge < -0.3 is 13.4 Å². The van der Waals surface area contributed by atoms with Crippen LogP contribution in [0.25, 0.3) is 94.9 Å². The third kappa shape index (κ3) is 4.23. The van der Waals surface area contributed by atoms with Crippen LogP contribution in [0.4, 0.5) is 0 Å².